The van der Waals surface area contributed by atoms with Gasteiger partial charge in [0.2, 0.25) is 6.41 Å². The van der Waals surface area contributed by atoms with Gasteiger partial charge in [-0.1, -0.05) is 11.6 Å². The smallest absolute Gasteiger partial charge is 0.214 e. The van der Waals surface area contributed by atoms with Gasteiger partial charge in [0.25, 0.3) is 0 Å². The maximum Gasteiger partial charge on any atom is 0.214 e. The molecule has 9 heteroatoms. The molecule has 0 unspecified atom stereocenters. The third-order valence-electron chi connectivity index (χ3n) is 6.42. The summed E-state index contributed by atoms with van der Waals surface area (Å²) in [5.41, 5.74) is 1.51. The van der Waals surface area contributed by atoms with Crippen LogP contribution in [0.2, 0.25) is 5.02 Å². The molecule has 4 rings (SSSR count). The highest BCUT2D eigenvalue weighted by atomic mass is 35.5. The monoisotopic (exact) mass is 476 g/mol. The van der Waals surface area contributed by atoms with E-state index in [-0.39, 0.29) is 34.5 Å². The van der Waals surface area contributed by atoms with Crippen molar-refractivity contribution in [1.29, 1.82) is 0 Å². The number of piperazine rings is 1. The van der Waals surface area contributed by atoms with Crippen molar-refractivity contribution in [2.45, 2.75) is 25.9 Å². The number of aliphatic imine (C=N–C) groups is 1. The van der Waals surface area contributed by atoms with Gasteiger partial charge in [-0.05, 0) is 39.1 Å². The van der Waals surface area contributed by atoms with Crippen LogP contribution in [0.25, 0.3) is 11.1 Å². The van der Waals surface area contributed by atoms with Crippen LogP contribution >= 0.6 is 11.6 Å². The number of anilines is 1. The van der Waals surface area contributed by atoms with Gasteiger partial charge >= 0.3 is 0 Å². The molecule has 2 heterocycles. The zero-order valence-corrected chi connectivity index (χ0v) is 19.9. The second-order valence-corrected chi connectivity index (χ2v) is 8.97. The number of carbonyl (C=O) groups is 1. The molecule has 2 aromatic rings. The highest BCUT2D eigenvalue weighted by molar-refractivity contribution is 6.35. The fourth-order valence-corrected chi connectivity index (χ4v) is 4.91. The van der Waals surface area contributed by atoms with Gasteiger partial charge in [0.1, 0.15) is 24.1 Å². The van der Waals surface area contributed by atoms with Gasteiger partial charge in [0.05, 0.1) is 17.3 Å². The molecule has 2 atom stereocenters. The SMILES string of the molecule is CN=C(c1cc(Cl)c(-c2ccc(F)cc2F)c2c1N(C=O)CCO2)N1C[C@@H](C)N(C)C[C@@H]1C. The van der Waals surface area contributed by atoms with Crippen molar-refractivity contribution in [2.24, 2.45) is 4.99 Å². The van der Waals surface area contributed by atoms with Crippen LogP contribution in [0.3, 0.4) is 0 Å². The average molecular weight is 477 g/mol. The van der Waals surface area contributed by atoms with Crippen LogP contribution < -0.4 is 9.64 Å². The molecular formula is C24H27ClF2N4O2. The molecule has 6 nitrogen and oxygen atoms in total. The molecule has 0 spiro atoms. The number of hydrogen-bond acceptors (Lipinski definition) is 4. The van der Waals surface area contributed by atoms with Gasteiger partial charge in [-0.2, -0.15) is 0 Å². The predicted molar refractivity (Wildman–Crippen MR) is 126 cm³/mol. The summed E-state index contributed by atoms with van der Waals surface area (Å²) < 4.78 is 34.3. The predicted octanol–water partition coefficient (Wildman–Crippen LogP) is 4.04. The molecule has 176 valence electrons. The minimum absolute atomic E-state index is 0.105. The topological polar surface area (TPSA) is 48.4 Å². The van der Waals surface area contributed by atoms with E-state index in [0.29, 0.717) is 29.7 Å². The molecule has 0 N–H and O–H groups in total. The molecule has 33 heavy (non-hydrogen) atoms. The van der Waals surface area contributed by atoms with Crippen LogP contribution in [-0.2, 0) is 4.79 Å². The van der Waals surface area contributed by atoms with Crippen molar-refractivity contribution in [3.8, 4) is 16.9 Å². The number of ether oxygens (including phenoxy) is 1. The summed E-state index contributed by atoms with van der Waals surface area (Å²) in [5, 5.41) is 0.234. The molecule has 0 radical (unpaired) electrons. The van der Waals surface area contributed by atoms with E-state index in [2.05, 4.69) is 35.7 Å². The molecular weight excluding hydrogens is 450 g/mol. The normalized spacial score (nSPS) is 21.6. The molecule has 2 aromatic carbocycles. The van der Waals surface area contributed by atoms with Crippen molar-refractivity contribution in [1.82, 2.24) is 9.80 Å². The van der Waals surface area contributed by atoms with Crippen LogP contribution in [0.1, 0.15) is 19.4 Å². The van der Waals surface area contributed by atoms with Gasteiger partial charge in [-0.3, -0.25) is 14.7 Å². The molecule has 0 aliphatic carbocycles. The van der Waals surface area contributed by atoms with Crippen molar-refractivity contribution in [3.63, 3.8) is 0 Å². The fourth-order valence-electron chi connectivity index (χ4n) is 4.62. The second-order valence-electron chi connectivity index (χ2n) is 8.57. The maximum atomic E-state index is 14.7. The number of carbonyl (C=O) groups excluding carboxylic acids is 1. The lowest BCUT2D eigenvalue weighted by molar-refractivity contribution is -0.107. The number of nitrogens with zero attached hydrogens (tertiary/aromatic N) is 4. The second kappa shape index (κ2) is 9.27. The quantitative estimate of drug-likeness (QED) is 0.381. The maximum absolute atomic E-state index is 14.7. The summed E-state index contributed by atoms with van der Waals surface area (Å²) in [6, 6.07) is 5.47. The first kappa shape index (κ1) is 23.4. The van der Waals surface area contributed by atoms with Crippen LogP contribution in [0.5, 0.6) is 5.75 Å². The molecule has 1 amide bonds. The third-order valence-corrected chi connectivity index (χ3v) is 6.72. The Kier molecular flexibility index (Phi) is 6.59. The third kappa shape index (κ3) is 4.17. The van der Waals surface area contributed by atoms with E-state index in [1.54, 1.807) is 13.1 Å². The van der Waals surface area contributed by atoms with Gasteiger partial charge in [0, 0.05) is 55.0 Å². The minimum Gasteiger partial charge on any atom is -0.489 e. The van der Waals surface area contributed by atoms with E-state index < -0.39 is 11.6 Å². The van der Waals surface area contributed by atoms with E-state index in [4.69, 9.17) is 16.3 Å². The zero-order valence-electron chi connectivity index (χ0n) is 19.1. The standard InChI is InChI=1S/C24H27ClF2N4O2/c1-14-12-31(15(2)11-29(14)4)24(28-3)18-10-19(25)21(17-6-5-16(26)9-20(17)27)23-22(18)30(13-32)7-8-33-23/h5-6,9-10,13-15H,7-8,11-12H2,1-4H3/t14-,15+/m1/s1. The number of halogens is 3. The van der Waals surface area contributed by atoms with Gasteiger partial charge in [0.15, 0.2) is 5.75 Å². The number of benzene rings is 2. The van der Waals surface area contributed by atoms with E-state index in [0.717, 1.165) is 25.6 Å². The van der Waals surface area contributed by atoms with Gasteiger partial charge in [-0.25, -0.2) is 8.78 Å². The van der Waals surface area contributed by atoms with Crippen molar-refractivity contribution in [2.75, 3.05) is 45.2 Å². The summed E-state index contributed by atoms with van der Waals surface area (Å²) in [7, 11) is 3.79. The summed E-state index contributed by atoms with van der Waals surface area (Å²) in [4.78, 5) is 22.6. The van der Waals surface area contributed by atoms with Gasteiger partial charge < -0.3 is 14.5 Å². The number of rotatable bonds is 3. The lowest BCUT2D eigenvalue weighted by atomic mass is 9.96. The first-order valence-corrected chi connectivity index (χ1v) is 11.2. The van der Waals surface area contributed by atoms with Crippen molar-refractivity contribution in [3.05, 3.63) is 46.5 Å². The van der Waals surface area contributed by atoms with E-state index in [1.807, 2.05) is 0 Å². The zero-order chi connectivity index (χ0) is 23.9. The summed E-state index contributed by atoms with van der Waals surface area (Å²) in [5.74, 6) is -0.474. The van der Waals surface area contributed by atoms with Crippen molar-refractivity contribution >= 4 is 29.5 Å². The number of likely N-dealkylation sites (N-methyl/N-ethyl adjacent to an activating group) is 1. The largest absolute Gasteiger partial charge is 0.489 e. The van der Waals surface area contributed by atoms with Crippen LogP contribution in [0.15, 0.2) is 29.3 Å². The Hall–Kier alpha value is -2.71. The molecule has 0 aromatic heterocycles. The Labute approximate surface area is 197 Å². The molecule has 1 saturated heterocycles. The van der Waals surface area contributed by atoms with E-state index in [9.17, 15) is 13.6 Å². The van der Waals surface area contributed by atoms with Crippen molar-refractivity contribution < 1.29 is 18.3 Å². The number of amides is 1. The van der Waals surface area contributed by atoms with Crippen LogP contribution in [0.4, 0.5) is 14.5 Å². The first-order valence-electron chi connectivity index (χ1n) is 10.9. The Morgan fingerprint density at radius 2 is 1.97 bits per heavy atom. The highest BCUT2D eigenvalue weighted by Gasteiger charge is 2.35. The number of hydrogen-bond donors (Lipinski definition) is 0. The molecule has 0 bridgehead atoms. The molecule has 1 fully saturated rings. The molecule has 0 saturated carbocycles. The Morgan fingerprint density at radius 1 is 1.21 bits per heavy atom. The highest BCUT2D eigenvalue weighted by Crippen LogP contribution is 2.48. The number of amidine groups is 1. The van der Waals surface area contributed by atoms with E-state index >= 15 is 0 Å². The first-order chi connectivity index (χ1) is 15.8. The Morgan fingerprint density at radius 3 is 2.64 bits per heavy atom. The Balaban J connectivity index is 1.93. The summed E-state index contributed by atoms with van der Waals surface area (Å²) >= 11 is 6.70. The van der Waals surface area contributed by atoms with E-state index in [1.165, 1.54) is 17.0 Å². The fraction of sp³-hybridized carbons (Fsp3) is 0.417. The van der Waals surface area contributed by atoms with Gasteiger partial charge in [-0.15, -0.1) is 0 Å². The minimum atomic E-state index is -0.760. The Bertz CT molecular complexity index is 1110. The van der Waals surface area contributed by atoms with Crippen LogP contribution in [0, 0.1) is 11.6 Å². The summed E-state index contributed by atoms with van der Waals surface area (Å²) in [6.07, 6.45) is 0.729. The molecule has 2 aliphatic rings. The molecule has 2 aliphatic heterocycles. The number of fused-ring (bicyclic) bond motifs is 1. The summed E-state index contributed by atoms with van der Waals surface area (Å²) in [6.45, 7) is 6.42. The average Bonchev–Trinajstić information content (AvgIpc) is 2.78. The van der Waals surface area contributed by atoms with Crippen LogP contribution in [-0.4, -0.2) is 74.5 Å². The lowest BCUT2D eigenvalue weighted by Gasteiger charge is -2.44. The lowest BCUT2D eigenvalue weighted by Crippen LogP contribution is -2.57.